The molecule has 0 spiro atoms. The standard InChI is InChI=1S/C24H17N3O4/c1-26-19-13-6-5-12-18(19)22-21(24(26)28)20(15-8-7-11-17(14-15)27(29)30)23(31-22)25-16-9-3-2-4-10-16/h2-14,25H,1H3. The van der Waals surface area contributed by atoms with Gasteiger partial charge in [0.2, 0.25) is 5.88 Å². The number of hydrogen-bond donors (Lipinski definition) is 1. The fourth-order valence-electron chi connectivity index (χ4n) is 3.85. The summed E-state index contributed by atoms with van der Waals surface area (Å²) in [5.41, 5.74) is 2.68. The molecule has 0 saturated carbocycles. The Balaban J connectivity index is 1.89. The highest BCUT2D eigenvalue weighted by molar-refractivity contribution is 6.11. The molecular weight excluding hydrogens is 394 g/mol. The van der Waals surface area contributed by atoms with Crippen LogP contribution in [0.1, 0.15) is 0 Å². The van der Waals surface area contributed by atoms with Gasteiger partial charge in [0, 0.05) is 30.3 Å². The minimum Gasteiger partial charge on any atom is -0.439 e. The van der Waals surface area contributed by atoms with E-state index in [9.17, 15) is 14.9 Å². The monoisotopic (exact) mass is 411 g/mol. The molecule has 0 aliphatic heterocycles. The lowest BCUT2D eigenvalue weighted by Crippen LogP contribution is -2.17. The zero-order valence-electron chi connectivity index (χ0n) is 16.5. The van der Waals surface area contributed by atoms with Crippen LogP contribution in [0.15, 0.2) is 88.1 Å². The van der Waals surface area contributed by atoms with E-state index in [1.807, 2.05) is 54.6 Å². The van der Waals surface area contributed by atoms with Gasteiger partial charge in [0.1, 0.15) is 0 Å². The molecule has 0 saturated heterocycles. The molecule has 5 aromatic rings. The lowest BCUT2D eigenvalue weighted by molar-refractivity contribution is -0.384. The summed E-state index contributed by atoms with van der Waals surface area (Å²) in [6.07, 6.45) is 0. The van der Waals surface area contributed by atoms with Crippen molar-refractivity contribution in [1.82, 2.24) is 4.57 Å². The summed E-state index contributed by atoms with van der Waals surface area (Å²) in [6.45, 7) is 0. The van der Waals surface area contributed by atoms with Crippen molar-refractivity contribution in [1.29, 1.82) is 0 Å². The van der Waals surface area contributed by atoms with Gasteiger partial charge in [0.15, 0.2) is 5.58 Å². The molecule has 0 atom stereocenters. The van der Waals surface area contributed by atoms with E-state index in [1.54, 1.807) is 23.7 Å². The van der Waals surface area contributed by atoms with Gasteiger partial charge in [-0.25, -0.2) is 0 Å². The second-order valence-electron chi connectivity index (χ2n) is 7.19. The lowest BCUT2D eigenvalue weighted by Gasteiger charge is -2.07. The molecular formula is C24H17N3O4. The van der Waals surface area contributed by atoms with Crippen LogP contribution in [-0.2, 0) is 7.05 Å². The number of benzene rings is 3. The molecule has 5 rings (SSSR count). The maximum atomic E-state index is 13.4. The SMILES string of the molecule is Cn1c(=O)c2c(-c3cccc([N+](=O)[O-])c3)c(Nc3ccccc3)oc2c2ccccc21. The van der Waals surface area contributed by atoms with E-state index < -0.39 is 4.92 Å². The third-order valence-electron chi connectivity index (χ3n) is 5.31. The molecule has 0 aliphatic rings. The molecule has 3 aromatic carbocycles. The van der Waals surface area contributed by atoms with Gasteiger partial charge < -0.3 is 14.3 Å². The Bertz CT molecular complexity index is 1520. The van der Waals surface area contributed by atoms with Crippen molar-refractivity contribution in [3.63, 3.8) is 0 Å². The van der Waals surface area contributed by atoms with E-state index in [-0.39, 0.29) is 11.2 Å². The van der Waals surface area contributed by atoms with Crippen LogP contribution in [-0.4, -0.2) is 9.49 Å². The minimum atomic E-state index is -0.455. The topological polar surface area (TPSA) is 90.3 Å². The van der Waals surface area contributed by atoms with E-state index >= 15 is 0 Å². The summed E-state index contributed by atoms with van der Waals surface area (Å²) < 4.78 is 7.78. The number of anilines is 2. The predicted octanol–water partition coefficient (Wildman–Crippen LogP) is 5.60. The molecule has 7 heteroatoms. The van der Waals surface area contributed by atoms with E-state index in [4.69, 9.17) is 4.42 Å². The summed E-state index contributed by atoms with van der Waals surface area (Å²) in [7, 11) is 1.71. The number of furan rings is 1. The van der Waals surface area contributed by atoms with Crippen LogP contribution >= 0.6 is 0 Å². The zero-order chi connectivity index (χ0) is 21.5. The zero-order valence-corrected chi connectivity index (χ0v) is 16.5. The molecule has 31 heavy (non-hydrogen) atoms. The number of hydrogen-bond acceptors (Lipinski definition) is 5. The minimum absolute atomic E-state index is 0.0601. The van der Waals surface area contributed by atoms with Crippen LogP contribution < -0.4 is 10.9 Å². The third kappa shape index (κ3) is 3.03. The number of rotatable bonds is 4. The molecule has 0 bridgehead atoms. The maximum absolute atomic E-state index is 13.4. The van der Waals surface area contributed by atoms with E-state index in [0.717, 1.165) is 16.6 Å². The normalized spacial score (nSPS) is 11.1. The van der Waals surface area contributed by atoms with Crippen molar-refractivity contribution < 1.29 is 9.34 Å². The Labute approximate surface area is 176 Å². The first-order chi connectivity index (χ1) is 15.0. The number of pyridine rings is 1. The number of nitro groups is 1. The number of non-ortho nitro benzene ring substituents is 1. The van der Waals surface area contributed by atoms with E-state index in [1.165, 1.54) is 12.1 Å². The fraction of sp³-hybridized carbons (Fsp3) is 0.0417. The Morgan fingerprint density at radius 1 is 0.968 bits per heavy atom. The Morgan fingerprint density at radius 2 is 1.71 bits per heavy atom. The molecule has 0 radical (unpaired) electrons. The van der Waals surface area contributed by atoms with Gasteiger partial charge in [0.05, 0.1) is 21.4 Å². The van der Waals surface area contributed by atoms with Crippen molar-refractivity contribution in [3.8, 4) is 11.1 Å². The van der Waals surface area contributed by atoms with Gasteiger partial charge in [0.25, 0.3) is 11.2 Å². The number of para-hydroxylation sites is 2. The van der Waals surface area contributed by atoms with Crippen LogP contribution in [0.5, 0.6) is 0 Å². The smallest absolute Gasteiger partial charge is 0.270 e. The van der Waals surface area contributed by atoms with E-state index in [0.29, 0.717) is 28.0 Å². The summed E-state index contributed by atoms with van der Waals surface area (Å²) in [5, 5.41) is 15.8. The van der Waals surface area contributed by atoms with Gasteiger partial charge in [-0.3, -0.25) is 14.9 Å². The average molecular weight is 411 g/mol. The molecule has 7 nitrogen and oxygen atoms in total. The number of fused-ring (bicyclic) bond motifs is 3. The molecule has 152 valence electrons. The van der Waals surface area contributed by atoms with E-state index in [2.05, 4.69) is 5.32 Å². The average Bonchev–Trinajstić information content (AvgIpc) is 3.17. The van der Waals surface area contributed by atoms with Crippen LogP contribution in [0.25, 0.3) is 33.0 Å². The molecule has 1 N–H and O–H groups in total. The van der Waals surface area contributed by atoms with Gasteiger partial charge >= 0.3 is 0 Å². The number of nitrogens with zero attached hydrogens (tertiary/aromatic N) is 2. The summed E-state index contributed by atoms with van der Waals surface area (Å²) in [6, 6.07) is 23.1. The van der Waals surface area contributed by atoms with Gasteiger partial charge in [-0.2, -0.15) is 0 Å². The molecule has 0 aliphatic carbocycles. The highest BCUT2D eigenvalue weighted by atomic mass is 16.6. The summed E-state index contributed by atoms with van der Waals surface area (Å²) >= 11 is 0. The van der Waals surface area contributed by atoms with Gasteiger partial charge in [-0.05, 0) is 29.8 Å². The number of aromatic nitrogens is 1. The molecule has 0 unspecified atom stereocenters. The summed E-state index contributed by atoms with van der Waals surface area (Å²) in [5.74, 6) is 0.357. The van der Waals surface area contributed by atoms with Crippen molar-refractivity contribution in [2.45, 2.75) is 0 Å². The molecule has 2 aromatic heterocycles. The second kappa shape index (κ2) is 7.14. The highest BCUT2D eigenvalue weighted by Crippen LogP contribution is 2.41. The first-order valence-electron chi connectivity index (χ1n) is 9.65. The quantitative estimate of drug-likeness (QED) is 0.307. The number of aryl methyl sites for hydroxylation is 1. The van der Waals surface area contributed by atoms with Crippen LogP contribution in [0.3, 0.4) is 0 Å². The predicted molar refractivity (Wildman–Crippen MR) is 121 cm³/mol. The lowest BCUT2D eigenvalue weighted by atomic mass is 10.0. The van der Waals surface area contributed by atoms with Gasteiger partial charge in [-0.15, -0.1) is 0 Å². The van der Waals surface area contributed by atoms with Crippen LogP contribution in [0, 0.1) is 10.1 Å². The van der Waals surface area contributed by atoms with Crippen molar-refractivity contribution in [2.24, 2.45) is 7.05 Å². The number of nitrogens with one attached hydrogen (secondary N) is 1. The molecule has 0 amide bonds. The van der Waals surface area contributed by atoms with Gasteiger partial charge in [-0.1, -0.05) is 42.5 Å². The fourth-order valence-corrected chi connectivity index (χ4v) is 3.85. The third-order valence-corrected chi connectivity index (χ3v) is 5.31. The molecule has 2 heterocycles. The number of nitro benzene ring substituents is 1. The van der Waals surface area contributed by atoms with Crippen LogP contribution in [0.4, 0.5) is 17.3 Å². The maximum Gasteiger partial charge on any atom is 0.270 e. The highest BCUT2D eigenvalue weighted by Gasteiger charge is 2.23. The van der Waals surface area contributed by atoms with Crippen molar-refractivity contribution >= 4 is 39.1 Å². The summed E-state index contributed by atoms with van der Waals surface area (Å²) in [4.78, 5) is 24.3. The Kier molecular flexibility index (Phi) is 4.29. The first kappa shape index (κ1) is 18.6. The largest absolute Gasteiger partial charge is 0.439 e. The Morgan fingerprint density at radius 3 is 2.48 bits per heavy atom. The Hall–Kier alpha value is -4.39. The van der Waals surface area contributed by atoms with Crippen molar-refractivity contribution in [3.05, 3.63) is 99.3 Å². The first-order valence-corrected chi connectivity index (χ1v) is 9.65. The van der Waals surface area contributed by atoms with Crippen LogP contribution in [0.2, 0.25) is 0 Å². The van der Waals surface area contributed by atoms with Crippen molar-refractivity contribution in [2.75, 3.05) is 5.32 Å². The molecule has 0 fully saturated rings. The second-order valence-corrected chi connectivity index (χ2v) is 7.19.